The normalized spacial score (nSPS) is 9.69. The number of hydrogen-bond acceptors (Lipinski definition) is 4. The van der Waals surface area contributed by atoms with Gasteiger partial charge in [-0.15, -0.1) is 4.91 Å². The lowest BCUT2D eigenvalue weighted by Crippen LogP contribution is -1.92. The first-order chi connectivity index (χ1) is 6.06. The number of rotatable bonds is 2. The van der Waals surface area contributed by atoms with Gasteiger partial charge in [0.2, 0.25) is 0 Å². The average Bonchev–Trinajstić information content (AvgIpc) is 2.03. The minimum atomic E-state index is -0.849. The zero-order valence-corrected chi connectivity index (χ0v) is 6.65. The predicted octanol–water partition coefficient (Wildman–Crippen LogP) is 2.44. The molecule has 0 fully saturated rings. The Morgan fingerprint density at radius 1 is 1.54 bits per heavy atom. The molecule has 0 aliphatic rings. The van der Waals surface area contributed by atoms with Crippen molar-refractivity contribution in [1.82, 2.24) is 0 Å². The van der Waals surface area contributed by atoms with Gasteiger partial charge < -0.3 is 0 Å². The molecule has 0 atom stereocenters. The summed E-state index contributed by atoms with van der Waals surface area (Å²) in [4.78, 5) is 19.7. The van der Waals surface area contributed by atoms with Gasteiger partial charge in [0.25, 0.3) is 5.69 Å². The smallest absolute Gasteiger partial charge is 0.258 e. The maximum atomic E-state index is 12.8. The van der Waals surface area contributed by atoms with Crippen molar-refractivity contribution < 1.29 is 9.31 Å². The van der Waals surface area contributed by atoms with Crippen LogP contribution in [0.2, 0.25) is 0 Å². The third-order valence-corrected chi connectivity index (χ3v) is 1.56. The average molecular weight is 184 g/mol. The number of benzene rings is 1. The van der Waals surface area contributed by atoms with Gasteiger partial charge in [0.05, 0.1) is 4.92 Å². The number of nitrogens with zero attached hydrogens (tertiary/aromatic N) is 2. The molecule has 0 aliphatic heterocycles. The fraction of sp³-hybridized carbons (Fsp3) is 0.143. The molecular weight excluding hydrogens is 179 g/mol. The van der Waals surface area contributed by atoms with Crippen molar-refractivity contribution >= 4 is 11.4 Å². The van der Waals surface area contributed by atoms with Crippen LogP contribution >= 0.6 is 0 Å². The van der Waals surface area contributed by atoms with Crippen LogP contribution in [-0.2, 0) is 0 Å². The Bertz CT molecular complexity index is 378. The highest BCUT2D eigenvalue weighted by molar-refractivity contribution is 5.52. The van der Waals surface area contributed by atoms with E-state index in [1.54, 1.807) is 0 Å². The zero-order valence-electron chi connectivity index (χ0n) is 6.65. The molecule has 0 saturated carbocycles. The molecule has 0 aliphatic carbocycles. The molecule has 0 unspecified atom stereocenters. The number of aryl methyl sites for hydroxylation is 1. The molecule has 0 radical (unpaired) electrons. The Balaban J connectivity index is 3.38. The first-order valence-corrected chi connectivity index (χ1v) is 3.34. The molecule has 13 heavy (non-hydrogen) atoms. The summed E-state index contributed by atoms with van der Waals surface area (Å²) in [7, 11) is 0. The van der Waals surface area contributed by atoms with Gasteiger partial charge in [-0.25, -0.2) is 4.39 Å². The maximum absolute atomic E-state index is 12.8. The van der Waals surface area contributed by atoms with Gasteiger partial charge in [-0.2, -0.15) is 0 Å². The van der Waals surface area contributed by atoms with Crippen LogP contribution < -0.4 is 0 Å². The molecule has 0 amide bonds. The Hall–Kier alpha value is -1.85. The van der Waals surface area contributed by atoms with Crippen molar-refractivity contribution in [1.29, 1.82) is 0 Å². The summed E-state index contributed by atoms with van der Waals surface area (Å²) < 4.78 is 12.8. The van der Waals surface area contributed by atoms with E-state index in [9.17, 15) is 19.4 Å². The number of nitroso groups, excluding NO2 is 1. The minimum absolute atomic E-state index is 0.162. The molecular formula is C7H5FN2O3. The summed E-state index contributed by atoms with van der Waals surface area (Å²) >= 11 is 0. The van der Waals surface area contributed by atoms with Crippen molar-refractivity contribution in [2.24, 2.45) is 5.18 Å². The van der Waals surface area contributed by atoms with Gasteiger partial charge in [0.15, 0.2) is 5.82 Å². The van der Waals surface area contributed by atoms with Crippen LogP contribution in [0.3, 0.4) is 0 Å². The number of halogens is 1. The standard InChI is InChI=1S/C7H5FN2O3/c1-4-2-5(8)6(9-11)3-7(4)10(12)13/h2-3H,1H3. The Morgan fingerprint density at radius 3 is 2.62 bits per heavy atom. The highest BCUT2D eigenvalue weighted by atomic mass is 19.1. The van der Waals surface area contributed by atoms with Crippen LogP contribution in [-0.4, -0.2) is 4.92 Å². The second kappa shape index (κ2) is 3.26. The monoisotopic (exact) mass is 184 g/mol. The summed E-state index contributed by atoms with van der Waals surface area (Å²) in [5, 5.41) is 12.7. The Morgan fingerprint density at radius 2 is 2.15 bits per heavy atom. The quantitative estimate of drug-likeness (QED) is 0.402. The lowest BCUT2D eigenvalue weighted by Gasteiger charge is -1.97. The number of hydrogen-bond donors (Lipinski definition) is 0. The molecule has 6 heteroatoms. The summed E-state index contributed by atoms with van der Waals surface area (Å²) in [6.07, 6.45) is 0. The highest BCUT2D eigenvalue weighted by Gasteiger charge is 2.15. The van der Waals surface area contributed by atoms with Gasteiger partial charge in [0, 0.05) is 11.6 Å². The van der Waals surface area contributed by atoms with Gasteiger partial charge in [-0.1, -0.05) is 0 Å². The van der Waals surface area contributed by atoms with Crippen molar-refractivity contribution in [3.8, 4) is 0 Å². The van der Waals surface area contributed by atoms with Gasteiger partial charge >= 0.3 is 0 Å². The van der Waals surface area contributed by atoms with Crippen LogP contribution in [0.15, 0.2) is 17.3 Å². The summed E-state index contributed by atoms with van der Waals surface area (Å²) in [5.74, 6) is -0.849. The first-order valence-electron chi connectivity index (χ1n) is 3.34. The van der Waals surface area contributed by atoms with Crippen molar-refractivity contribution in [3.05, 3.63) is 38.5 Å². The van der Waals surface area contributed by atoms with E-state index in [1.165, 1.54) is 6.92 Å². The zero-order chi connectivity index (χ0) is 10.0. The van der Waals surface area contributed by atoms with Gasteiger partial charge in [-0.3, -0.25) is 10.1 Å². The molecule has 0 saturated heterocycles. The first kappa shape index (κ1) is 9.24. The predicted molar refractivity (Wildman–Crippen MR) is 43.2 cm³/mol. The van der Waals surface area contributed by atoms with E-state index in [2.05, 4.69) is 5.18 Å². The molecule has 0 bridgehead atoms. The fourth-order valence-electron chi connectivity index (χ4n) is 0.917. The number of nitro benzene ring substituents is 1. The molecule has 68 valence electrons. The van der Waals surface area contributed by atoms with Crippen molar-refractivity contribution in [3.63, 3.8) is 0 Å². The van der Waals surface area contributed by atoms with Crippen LogP contribution in [0.25, 0.3) is 0 Å². The topological polar surface area (TPSA) is 72.6 Å². The molecule has 1 aromatic rings. The van der Waals surface area contributed by atoms with Gasteiger partial charge in [0.1, 0.15) is 5.69 Å². The van der Waals surface area contributed by atoms with E-state index in [4.69, 9.17) is 0 Å². The second-order valence-corrected chi connectivity index (χ2v) is 2.44. The van der Waals surface area contributed by atoms with Crippen LogP contribution in [0.1, 0.15) is 5.56 Å². The molecule has 1 rings (SSSR count). The van der Waals surface area contributed by atoms with E-state index in [0.29, 0.717) is 0 Å². The van der Waals surface area contributed by atoms with E-state index >= 15 is 0 Å². The SMILES string of the molecule is Cc1cc(F)c(N=O)cc1[N+](=O)[O-]. The molecule has 5 nitrogen and oxygen atoms in total. The summed E-state index contributed by atoms with van der Waals surface area (Å²) in [6.45, 7) is 1.38. The molecule has 0 N–H and O–H groups in total. The third kappa shape index (κ3) is 1.66. The fourth-order valence-corrected chi connectivity index (χ4v) is 0.917. The summed E-state index contributed by atoms with van der Waals surface area (Å²) in [5.41, 5.74) is -0.691. The molecule has 1 aromatic carbocycles. The molecule has 0 spiro atoms. The van der Waals surface area contributed by atoms with Crippen molar-refractivity contribution in [2.45, 2.75) is 6.92 Å². The second-order valence-electron chi connectivity index (χ2n) is 2.44. The van der Waals surface area contributed by atoms with Crippen LogP contribution in [0.4, 0.5) is 15.8 Å². The maximum Gasteiger partial charge on any atom is 0.274 e. The van der Waals surface area contributed by atoms with E-state index in [0.717, 1.165) is 12.1 Å². The highest BCUT2D eigenvalue weighted by Crippen LogP contribution is 2.27. The van der Waals surface area contributed by atoms with Crippen molar-refractivity contribution in [2.75, 3.05) is 0 Å². The van der Waals surface area contributed by atoms with Crippen LogP contribution in [0.5, 0.6) is 0 Å². The minimum Gasteiger partial charge on any atom is -0.258 e. The van der Waals surface area contributed by atoms with E-state index in [-0.39, 0.29) is 11.3 Å². The van der Waals surface area contributed by atoms with Gasteiger partial charge in [-0.05, 0) is 18.2 Å². The van der Waals surface area contributed by atoms with E-state index < -0.39 is 16.4 Å². The Kier molecular flexibility index (Phi) is 2.32. The van der Waals surface area contributed by atoms with Crippen LogP contribution in [0, 0.1) is 27.8 Å². The largest absolute Gasteiger partial charge is 0.274 e. The third-order valence-electron chi connectivity index (χ3n) is 1.56. The summed E-state index contributed by atoms with van der Waals surface area (Å²) in [6, 6.07) is 1.73. The number of nitro groups is 1. The van der Waals surface area contributed by atoms with E-state index in [1.807, 2.05) is 0 Å². The molecule has 0 heterocycles. The Labute approximate surface area is 72.3 Å². The lowest BCUT2D eigenvalue weighted by atomic mass is 10.2. The lowest BCUT2D eigenvalue weighted by molar-refractivity contribution is -0.385. The molecule has 0 aromatic heterocycles.